The first kappa shape index (κ1) is 29.0. The molecule has 1 atom stereocenters. The number of hydrogen-bond acceptors (Lipinski definition) is 1. The highest BCUT2D eigenvalue weighted by Crippen LogP contribution is 2.14. The quantitative estimate of drug-likeness (QED) is 0.136. The highest BCUT2D eigenvalue weighted by molar-refractivity contribution is 4.54. The third-order valence-corrected chi connectivity index (χ3v) is 6.36. The van der Waals surface area contributed by atoms with E-state index in [-0.39, 0.29) is 0 Å². The minimum absolute atomic E-state index is 0.470. The van der Waals surface area contributed by atoms with E-state index in [4.69, 9.17) is 4.74 Å². The molecule has 1 unspecified atom stereocenters. The summed E-state index contributed by atoms with van der Waals surface area (Å²) in [5, 5.41) is 0. The van der Waals surface area contributed by atoms with Gasteiger partial charge >= 0.3 is 0 Å². The molecule has 0 aliphatic carbocycles. The lowest BCUT2D eigenvalue weighted by Crippen LogP contribution is -2.09. The van der Waals surface area contributed by atoms with Crippen LogP contribution in [0.5, 0.6) is 0 Å². The van der Waals surface area contributed by atoms with E-state index in [0.717, 1.165) is 6.61 Å². The molecule has 0 spiro atoms. The summed E-state index contributed by atoms with van der Waals surface area (Å²) in [7, 11) is 0. The predicted molar refractivity (Wildman–Crippen MR) is 133 cm³/mol. The summed E-state index contributed by atoms with van der Waals surface area (Å²) in [5.41, 5.74) is 0. The highest BCUT2D eigenvalue weighted by Gasteiger charge is 2.02. The first-order valence-corrected chi connectivity index (χ1v) is 13.9. The molecule has 0 aliphatic rings. The molecule has 0 aromatic rings. The maximum absolute atomic E-state index is 6.01. The van der Waals surface area contributed by atoms with E-state index in [1.165, 1.54) is 148 Å². The van der Waals surface area contributed by atoms with Crippen molar-refractivity contribution in [3.8, 4) is 0 Å². The highest BCUT2D eigenvalue weighted by atomic mass is 16.5. The zero-order valence-electron chi connectivity index (χ0n) is 21.0. The lowest BCUT2D eigenvalue weighted by Gasteiger charge is -2.13. The predicted octanol–water partition coefficient (Wildman–Crippen LogP) is 10.4. The lowest BCUT2D eigenvalue weighted by molar-refractivity contribution is 0.0557. The van der Waals surface area contributed by atoms with Gasteiger partial charge in [-0.2, -0.15) is 0 Å². The van der Waals surface area contributed by atoms with Crippen molar-refractivity contribution in [2.24, 2.45) is 0 Å². The van der Waals surface area contributed by atoms with Crippen molar-refractivity contribution in [1.29, 1.82) is 0 Å². The van der Waals surface area contributed by atoms with E-state index < -0.39 is 0 Å². The second-order valence-corrected chi connectivity index (χ2v) is 9.54. The van der Waals surface area contributed by atoms with Gasteiger partial charge in [-0.1, -0.05) is 149 Å². The van der Waals surface area contributed by atoms with Crippen molar-refractivity contribution in [2.75, 3.05) is 6.61 Å². The van der Waals surface area contributed by atoms with Crippen molar-refractivity contribution < 1.29 is 4.74 Å². The minimum atomic E-state index is 0.470. The molecular weight excluding hydrogens is 352 g/mol. The van der Waals surface area contributed by atoms with E-state index in [2.05, 4.69) is 20.8 Å². The standard InChI is InChI=1S/C28H58O/c1-4-6-8-10-12-14-15-16-17-18-19-21-23-25-27-29-28(3)26-24-22-20-13-11-9-7-5-2/h28H,4-27H2,1-3H3. The molecule has 0 aliphatic heterocycles. The molecule has 0 bridgehead atoms. The smallest absolute Gasteiger partial charge is 0.0547 e. The van der Waals surface area contributed by atoms with E-state index in [1.807, 2.05) is 0 Å². The fraction of sp³-hybridized carbons (Fsp3) is 1.00. The van der Waals surface area contributed by atoms with Gasteiger partial charge in [-0.05, 0) is 19.8 Å². The number of rotatable bonds is 25. The Bertz CT molecular complexity index is 275. The number of ether oxygens (including phenoxy) is 1. The molecule has 0 saturated heterocycles. The van der Waals surface area contributed by atoms with E-state index in [0.29, 0.717) is 6.10 Å². The average Bonchev–Trinajstić information content (AvgIpc) is 2.72. The molecule has 0 aromatic heterocycles. The van der Waals surface area contributed by atoms with Crippen molar-refractivity contribution in [3.63, 3.8) is 0 Å². The first-order chi connectivity index (χ1) is 14.3. The van der Waals surface area contributed by atoms with Gasteiger partial charge in [0.15, 0.2) is 0 Å². The Morgan fingerprint density at radius 2 is 0.724 bits per heavy atom. The van der Waals surface area contributed by atoms with E-state index >= 15 is 0 Å². The topological polar surface area (TPSA) is 9.23 Å². The molecule has 1 heteroatoms. The summed E-state index contributed by atoms with van der Waals surface area (Å²) in [6.45, 7) is 7.84. The third-order valence-electron chi connectivity index (χ3n) is 6.36. The number of hydrogen-bond donors (Lipinski definition) is 0. The molecule has 29 heavy (non-hydrogen) atoms. The van der Waals surface area contributed by atoms with Crippen LogP contribution in [0.4, 0.5) is 0 Å². The van der Waals surface area contributed by atoms with Crippen molar-refractivity contribution in [1.82, 2.24) is 0 Å². The van der Waals surface area contributed by atoms with Gasteiger partial charge < -0.3 is 4.74 Å². The van der Waals surface area contributed by atoms with Crippen molar-refractivity contribution in [2.45, 2.75) is 175 Å². The summed E-state index contributed by atoms with van der Waals surface area (Å²) in [5.74, 6) is 0. The van der Waals surface area contributed by atoms with Gasteiger partial charge in [-0.15, -0.1) is 0 Å². The molecule has 0 fully saturated rings. The van der Waals surface area contributed by atoms with Crippen LogP contribution in [0.2, 0.25) is 0 Å². The molecule has 0 rings (SSSR count). The maximum Gasteiger partial charge on any atom is 0.0547 e. The molecule has 1 nitrogen and oxygen atoms in total. The van der Waals surface area contributed by atoms with Gasteiger partial charge in [0.25, 0.3) is 0 Å². The molecule has 0 amide bonds. The third kappa shape index (κ3) is 25.9. The Labute approximate surface area is 186 Å². The Morgan fingerprint density at radius 1 is 0.414 bits per heavy atom. The Balaban J connectivity index is 3.11. The fourth-order valence-electron chi connectivity index (χ4n) is 4.23. The summed E-state index contributed by atoms with van der Waals surface area (Å²) < 4.78 is 6.01. The van der Waals surface area contributed by atoms with E-state index in [9.17, 15) is 0 Å². The molecule has 0 N–H and O–H groups in total. The minimum Gasteiger partial charge on any atom is -0.379 e. The van der Waals surface area contributed by atoms with Crippen molar-refractivity contribution >= 4 is 0 Å². The van der Waals surface area contributed by atoms with Crippen LogP contribution < -0.4 is 0 Å². The monoisotopic (exact) mass is 410 g/mol. The normalized spacial score (nSPS) is 12.5. The zero-order valence-corrected chi connectivity index (χ0v) is 21.0. The largest absolute Gasteiger partial charge is 0.379 e. The van der Waals surface area contributed by atoms with Crippen LogP contribution in [0.3, 0.4) is 0 Å². The average molecular weight is 411 g/mol. The van der Waals surface area contributed by atoms with Crippen LogP contribution >= 0.6 is 0 Å². The summed E-state index contributed by atoms with van der Waals surface area (Å²) in [4.78, 5) is 0. The van der Waals surface area contributed by atoms with Crippen LogP contribution in [-0.2, 0) is 4.74 Å². The van der Waals surface area contributed by atoms with Crippen LogP contribution in [0.1, 0.15) is 168 Å². The Hall–Kier alpha value is -0.0400. The fourth-order valence-corrected chi connectivity index (χ4v) is 4.23. The van der Waals surface area contributed by atoms with Crippen LogP contribution in [0.25, 0.3) is 0 Å². The van der Waals surface area contributed by atoms with Crippen LogP contribution in [0, 0.1) is 0 Å². The Kier molecular flexibility index (Phi) is 26.0. The molecule has 0 heterocycles. The summed E-state index contributed by atoms with van der Waals surface area (Å²) >= 11 is 0. The SMILES string of the molecule is CCCCCCCCCCCCCCCCOC(C)CCCCCCCCCC. The van der Waals surface area contributed by atoms with Crippen LogP contribution in [0.15, 0.2) is 0 Å². The Morgan fingerprint density at radius 3 is 1.10 bits per heavy atom. The van der Waals surface area contributed by atoms with E-state index in [1.54, 1.807) is 0 Å². The molecule has 0 radical (unpaired) electrons. The zero-order chi connectivity index (χ0) is 21.3. The van der Waals surface area contributed by atoms with Gasteiger partial charge in [-0.3, -0.25) is 0 Å². The van der Waals surface area contributed by atoms with Crippen LogP contribution in [-0.4, -0.2) is 12.7 Å². The van der Waals surface area contributed by atoms with Gasteiger partial charge in [0.2, 0.25) is 0 Å². The molecular formula is C28H58O. The lowest BCUT2D eigenvalue weighted by atomic mass is 10.0. The molecule has 176 valence electrons. The van der Waals surface area contributed by atoms with Gasteiger partial charge in [0.1, 0.15) is 0 Å². The first-order valence-electron chi connectivity index (χ1n) is 13.9. The molecule has 0 aromatic carbocycles. The maximum atomic E-state index is 6.01. The summed E-state index contributed by atoms with van der Waals surface area (Å²) in [6.07, 6.45) is 33.0. The van der Waals surface area contributed by atoms with Gasteiger partial charge in [-0.25, -0.2) is 0 Å². The summed E-state index contributed by atoms with van der Waals surface area (Å²) in [6, 6.07) is 0. The van der Waals surface area contributed by atoms with Gasteiger partial charge in [0, 0.05) is 6.61 Å². The van der Waals surface area contributed by atoms with Crippen molar-refractivity contribution in [3.05, 3.63) is 0 Å². The second-order valence-electron chi connectivity index (χ2n) is 9.54. The molecule has 0 saturated carbocycles. The second kappa shape index (κ2) is 26.0. The van der Waals surface area contributed by atoms with Gasteiger partial charge in [0.05, 0.1) is 6.10 Å². The number of unbranched alkanes of at least 4 members (excludes halogenated alkanes) is 20.